The van der Waals surface area contributed by atoms with Crippen molar-refractivity contribution in [2.75, 3.05) is 5.32 Å². The molecule has 1 heterocycles. The van der Waals surface area contributed by atoms with Gasteiger partial charge in [-0.15, -0.1) is 10.2 Å². The first-order chi connectivity index (χ1) is 13.4. The van der Waals surface area contributed by atoms with Gasteiger partial charge < -0.3 is 5.32 Å². The third-order valence-electron chi connectivity index (χ3n) is 4.35. The summed E-state index contributed by atoms with van der Waals surface area (Å²) in [5, 5.41) is 25.9. The molecule has 2 aromatic carbocycles. The van der Waals surface area contributed by atoms with Crippen LogP contribution in [0.5, 0.6) is 0 Å². The maximum atomic E-state index is 12.5. The van der Waals surface area contributed by atoms with Crippen LogP contribution in [-0.4, -0.2) is 31.0 Å². The summed E-state index contributed by atoms with van der Waals surface area (Å²) >= 11 is 0. The Morgan fingerprint density at radius 3 is 2.43 bits per heavy atom. The SMILES string of the molecule is CC(C)c1ccc(-c2nnn([C@@H](C)C(=O)Nc3ccccc3[N+](=O)[O-])n2)cc1. The van der Waals surface area contributed by atoms with E-state index < -0.39 is 16.9 Å². The van der Waals surface area contributed by atoms with Crippen molar-refractivity contribution in [3.8, 4) is 11.4 Å². The number of hydrogen-bond donors (Lipinski definition) is 1. The second-order valence-electron chi connectivity index (χ2n) is 6.65. The van der Waals surface area contributed by atoms with E-state index in [1.165, 1.54) is 28.6 Å². The third kappa shape index (κ3) is 4.03. The minimum atomic E-state index is -0.795. The minimum absolute atomic E-state index is 0.119. The summed E-state index contributed by atoms with van der Waals surface area (Å²) in [7, 11) is 0. The van der Waals surface area contributed by atoms with Gasteiger partial charge in [0.25, 0.3) is 11.6 Å². The predicted molar refractivity (Wildman–Crippen MR) is 104 cm³/mol. The average molecular weight is 380 g/mol. The number of para-hydroxylation sites is 2. The summed E-state index contributed by atoms with van der Waals surface area (Å²) in [6.07, 6.45) is 0. The van der Waals surface area contributed by atoms with Crippen molar-refractivity contribution < 1.29 is 9.72 Å². The second kappa shape index (κ2) is 7.95. The van der Waals surface area contributed by atoms with E-state index in [0.29, 0.717) is 11.7 Å². The first kappa shape index (κ1) is 19.2. The third-order valence-corrected chi connectivity index (χ3v) is 4.35. The zero-order chi connectivity index (χ0) is 20.3. The van der Waals surface area contributed by atoms with Gasteiger partial charge in [0.2, 0.25) is 5.82 Å². The number of nitro groups is 1. The highest BCUT2D eigenvalue weighted by atomic mass is 16.6. The van der Waals surface area contributed by atoms with Gasteiger partial charge in [0, 0.05) is 11.6 Å². The van der Waals surface area contributed by atoms with Crippen LogP contribution >= 0.6 is 0 Å². The van der Waals surface area contributed by atoms with E-state index in [-0.39, 0.29) is 11.4 Å². The molecule has 1 amide bonds. The summed E-state index contributed by atoms with van der Waals surface area (Å²) in [6, 6.07) is 13.0. The molecule has 0 aliphatic heterocycles. The molecule has 9 heteroatoms. The Morgan fingerprint density at radius 1 is 1.11 bits per heavy atom. The molecule has 0 saturated carbocycles. The number of anilines is 1. The molecule has 0 spiro atoms. The Balaban J connectivity index is 1.76. The molecule has 1 N–H and O–H groups in total. The van der Waals surface area contributed by atoms with Crippen molar-refractivity contribution in [3.63, 3.8) is 0 Å². The van der Waals surface area contributed by atoms with E-state index in [2.05, 4.69) is 34.6 Å². The van der Waals surface area contributed by atoms with Crippen LogP contribution in [0.1, 0.15) is 38.3 Å². The monoisotopic (exact) mass is 380 g/mol. The van der Waals surface area contributed by atoms with Crippen LogP contribution in [0.3, 0.4) is 0 Å². The van der Waals surface area contributed by atoms with E-state index >= 15 is 0 Å². The van der Waals surface area contributed by atoms with Crippen LogP contribution < -0.4 is 5.32 Å². The lowest BCUT2D eigenvalue weighted by atomic mass is 10.0. The smallest absolute Gasteiger partial charge is 0.292 e. The summed E-state index contributed by atoms with van der Waals surface area (Å²) in [5.74, 6) is 0.345. The molecule has 3 rings (SSSR count). The molecular formula is C19H20N6O3. The van der Waals surface area contributed by atoms with Crippen LogP contribution in [0.4, 0.5) is 11.4 Å². The largest absolute Gasteiger partial charge is 0.318 e. The number of amides is 1. The van der Waals surface area contributed by atoms with E-state index in [4.69, 9.17) is 0 Å². The Hall–Kier alpha value is -3.62. The van der Waals surface area contributed by atoms with Crippen molar-refractivity contribution >= 4 is 17.3 Å². The topological polar surface area (TPSA) is 116 Å². The van der Waals surface area contributed by atoms with Gasteiger partial charge in [0.15, 0.2) is 0 Å². The number of aromatic nitrogens is 4. The Morgan fingerprint density at radius 2 is 1.79 bits per heavy atom. The van der Waals surface area contributed by atoms with Crippen LogP contribution in [0.15, 0.2) is 48.5 Å². The van der Waals surface area contributed by atoms with E-state index in [1.807, 2.05) is 24.3 Å². The van der Waals surface area contributed by atoms with Crippen molar-refractivity contribution in [1.29, 1.82) is 0 Å². The molecule has 0 unspecified atom stereocenters. The summed E-state index contributed by atoms with van der Waals surface area (Å²) < 4.78 is 0. The highest BCUT2D eigenvalue weighted by Crippen LogP contribution is 2.24. The van der Waals surface area contributed by atoms with E-state index in [9.17, 15) is 14.9 Å². The molecule has 9 nitrogen and oxygen atoms in total. The minimum Gasteiger partial charge on any atom is -0.318 e. The highest BCUT2D eigenvalue weighted by molar-refractivity contribution is 5.95. The Kier molecular flexibility index (Phi) is 5.44. The fourth-order valence-electron chi connectivity index (χ4n) is 2.60. The van der Waals surface area contributed by atoms with Gasteiger partial charge in [-0.05, 0) is 29.7 Å². The van der Waals surface area contributed by atoms with Gasteiger partial charge in [0.05, 0.1) is 4.92 Å². The van der Waals surface area contributed by atoms with Crippen molar-refractivity contribution in [1.82, 2.24) is 20.2 Å². The van der Waals surface area contributed by atoms with E-state index in [0.717, 1.165) is 5.56 Å². The highest BCUT2D eigenvalue weighted by Gasteiger charge is 2.22. The standard InChI is InChI=1S/C19H20N6O3/c1-12(2)14-8-10-15(11-9-14)18-21-23-24(22-18)13(3)19(26)20-16-6-4-5-7-17(16)25(27)28/h4-13H,1-3H3,(H,20,26)/t13-/m0/s1. The summed E-state index contributed by atoms with van der Waals surface area (Å²) in [5.41, 5.74) is 1.93. The van der Waals surface area contributed by atoms with Gasteiger partial charge in [0.1, 0.15) is 11.7 Å². The van der Waals surface area contributed by atoms with Crippen molar-refractivity contribution in [2.45, 2.75) is 32.7 Å². The molecule has 0 aliphatic carbocycles. The zero-order valence-corrected chi connectivity index (χ0v) is 15.7. The quantitative estimate of drug-likeness (QED) is 0.516. The van der Waals surface area contributed by atoms with Crippen LogP contribution in [0.2, 0.25) is 0 Å². The molecule has 0 saturated heterocycles. The molecular weight excluding hydrogens is 360 g/mol. The molecule has 0 aliphatic rings. The maximum Gasteiger partial charge on any atom is 0.292 e. The summed E-state index contributed by atoms with van der Waals surface area (Å²) in [4.78, 5) is 24.2. The maximum absolute atomic E-state index is 12.5. The molecule has 144 valence electrons. The first-order valence-corrected chi connectivity index (χ1v) is 8.81. The molecule has 0 fully saturated rings. The van der Waals surface area contributed by atoms with Crippen LogP contribution in [-0.2, 0) is 4.79 Å². The zero-order valence-electron chi connectivity index (χ0n) is 15.7. The molecule has 3 aromatic rings. The number of nitrogens with zero attached hydrogens (tertiary/aromatic N) is 5. The lowest BCUT2D eigenvalue weighted by Crippen LogP contribution is -2.25. The van der Waals surface area contributed by atoms with Crippen molar-refractivity contribution in [2.24, 2.45) is 0 Å². The molecule has 0 radical (unpaired) electrons. The number of nitrogens with one attached hydrogen (secondary N) is 1. The number of carbonyl (C=O) groups is 1. The number of benzene rings is 2. The average Bonchev–Trinajstić information content (AvgIpc) is 3.17. The fourth-order valence-corrected chi connectivity index (χ4v) is 2.60. The van der Waals surface area contributed by atoms with Crippen LogP contribution in [0.25, 0.3) is 11.4 Å². The van der Waals surface area contributed by atoms with E-state index in [1.54, 1.807) is 13.0 Å². The number of hydrogen-bond acceptors (Lipinski definition) is 6. The van der Waals surface area contributed by atoms with Gasteiger partial charge in [-0.3, -0.25) is 14.9 Å². The molecule has 28 heavy (non-hydrogen) atoms. The Labute approximate surface area is 161 Å². The molecule has 1 atom stereocenters. The normalized spacial score (nSPS) is 12.0. The van der Waals surface area contributed by atoms with Gasteiger partial charge in [-0.25, -0.2) is 0 Å². The summed E-state index contributed by atoms with van der Waals surface area (Å²) in [6.45, 7) is 5.82. The number of nitro benzene ring substituents is 1. The van der Waals surface area contributed by atoms with Gasteiger partial charge in [-0.2, -0.15) is 4.80 Å². The lowest BCUT2D eigenvalue weighted by molar-refractivity contribution is -0.383. The number of rotatable bonds is 6. The predicted octanol–water partition coefficient (Wildman–Crippen LogP) is 3.57. The Bertz CT molecular complexity index is 997. The second-order valence-corrected chi connectivity index (χ2v) is 6.65. The first-order valence-electron chi connectivity index (χ1n) is 8.81. The molecule has 1 aromatic heterocycles. The lowest BCUT2D eigenvalue weighted by Gasteiger charge is -2.10. The number of carbonyl (C=O) groups excluding carboxylic acids is 1. The molecule has 0 bridgehead atoms. The van der Waals surface area contributed by atoms with Crippen LogP contribution in [0, 0.1) is 10.1 Å². The van der Waals surface area contributed by atoms with Gasteiger partial charge >= 0.3 is 0 Å². The van der Waals surface area contributed by atoms with Crippen molar-refractivity contribution in [3.05, 3.63) is 64.2 Å². The van der Waals surface area contributed by atoms with Gasteiger partial charge in [-0.1, -0.05) is 50.2 Å². The fraction of sp³-hybridized carbons (Fsp3) is 0.263. The number of tetrazole rings is 1.